The molecule has 3 rings (SSSR count). The summed E-state index contributed by atoms with van der Waals surface area (Å²) in [6.07, 6.45) is 6.23. The summed E-state index contributed by atoms with van der Waals surface area (Å²) >= 11 is 0. The molecule has 1 aliphatic carbocycles. The van der Waals surface area contributed by atoms with E-state index in [1.54, 1.807) is 0 Å². The second kappa shape index (κ2) is 5.89. The molecule has 0 radical (unpaired) electrons. The van der Waals surface area contributed by atoms with Crippen molar-refractivity contribution in [1.82, 2.24) is 9.55 Å². The molecule has 0 aliphatic heterocycles. The predicted octanol–water partition coefficient (Wildman–Crippen LogP) is 4.61. The van der Waals surface area contributed by atoms with Gasteiger partial charge in [0.25, 0.3) is 0 Å². The molecular weight excluding hydrogens is 258 g/mol. The van der Waals surface area contributed by atoms with E-state index in [4.69, 9.17) is 10.2 Å². The van der Waals surface area contributed by atoms with Crippen LogP contribution in [0.4, 0.5) is 0 Å². The van der Waals surface area contributed by atoms with Gasteiger partial charge in [0.2, 0.25) is 0 Å². The Balaban J connectivity index is 2.04. The van der Waals surface area contributed by atoms with E-state index in [-0.39, 0.29) is 0 Å². The van der Waals surface area contributed by atoms with Crippen molar-refractivity contribution in [2.45, 2.75) is 58.4 Å². The van der Waals surface area contributed by atoms with Crippen LogP contribution in [0.3, 0.4) is 0 Å². The third-order valence-corrected chi connectivity index (χ3v) is 4.74. The average Bonchev–Trinajstić information content (AvgIpc) is 2.86. The summed E-state index contributed by atoms with van der Waals surface area (Å²) in [5.74, 6) is 2.69. The van der Waals surface area contributed by atoms with Gasteiger partial charge in [0.15, 0.2) is 0 Å². The van der Waals surface area contributed by atoms with Gasteiger partial charge in [-0.25, -0.2) is 4.98 Å². The molecule has 0 unspecified atom stereocenters. The molecule has 3 heteroatoms. The van der Waals surface area contributed by atoms with Gasteiger partial charge >= 0.3 is 0 Å². The molecule has 1 saturated carbocycles. The van der Waals surface area contributed by atoms with Crippen LogP contribution in [0.2, 0.25) is 0 Å². The van der Waals surface area contributed by atoms with E-state index in [1.807, 2.05) is 12.1 Å². The van der Waals surface area contributed by atoms with Crippen molar-refractivity contribution in [2.24, 2.45) is 5.92 Å². The van der Waals surface area contributed by atoms with E-state index < -0.39 is 0 Å². The normalized spacial score (nSPS) is 22.3. The summed E-state index contributed by atoms with van der Waals surface area (Å²) in [4.78, 5) is 4.90. The molecule has 0 amide bonds. The molecule has 0 spiro atoms. The van der Waals surface area contributed by atoms with Gasteiger partial charge in [0, 0.05) is 12.5 Å². The molecule has 1 aromatic carbocycles. The molecule has 1 aromatic heterocycles. The fourth-order valence-electron chi connectivity index (χ4n) is 3.51. The lowest BCUT2D eigenvalue weighted by molar-refractivity contribution is 0.334. The van der Waals surface area contributed by atoms with Crippen LogP contribution in [0.1, 0.15) is 63.3 Å². The molecule has 1 fully saturated rings. The zero-order chi connectivity index (χ0) is 14.8. The molecule has 2 aromatic rings. The smallest absolute Gasteiger partial charge is 0.112 e. The van der Waals surface area contributed by atoms with Crippen LogP contribution in [-0.4, -0.2) is 9.55 Å². The second-order valence-electron chi connectivity index (χ2n) is 6.39. The molecule has 110 valence electrons. The van der Waals surface area contributed by atoms with Crippen LogP contribution in [0.15, 0.2) is 18.2 Å². The van der Waals surface area contributed by atoms with Gasteiger partial charge in [-0.15, -0.1) is 0 Å². The van der Waals surface area contributed by atoms with Crippen molar-refractivity contribution >= 4 is 11.0 Å². The van der Waals surface area contributed by atoms with Crippen molar-refractivity contribution in [2.75, 3.05) is 0 Å². The van der Waals surface area contributed by atoms with Crippen molar-refractivity contribution in [1.29, 1.82) is 5.26 Å². The predicted molar refractivity (Wildman–Crippen MR) is 85.1 cm³/mol. The highest BCUT2D eigenvalue weighted by Gasteiger charge is 2.24. The van der Waals surface area contributed by atoms with E-state index in [0.717, 1.165) is 24.4 Å². The lowest BCUT2D eigenvalue weighted by Crippen LogP contribution is -2.15. The Morgan fingerprint density at radius 2 is 2.05 bits per heavy atom. The molecule has 0 bridgehead atoms. The van der Waals surface area contributed by atoms with Crippen molar-refractivity contribution in [3.05, 3.63) is 29.6 Å². The van der Waals surface area contributed by atoms with E-state index in [1.165, 1.54) is 37.0 Å². The van der Waals surface area contributed by atoms with Crippen molar-refractivity contribution < 1.29 is 0 Å². The number of hydrogen-bond donors (Lipinski definition) is 0. The molecule has 3 nitrogen and oxygen atoms in total. The van der Waals surface area contributed by atoms with Crippen LogP contribution in [0, 0.1) is 17.2 Å². The molecule has 0 saturated heterocycles. The number of aromatic nitrogens is 2. The van der Waals surface area contributed by atoms with Crippen LogP contribution < -0.4 is 0 Å². The largest absolute Gasteiger partial charge is 0.328 e. The van der Waals surface area contributed by atoms with Crippen LogP contribution in [-0.2, 0) is 6.54 Å². The number of nitrogens with zero attached hydrogens (tertiary/aromatic N) is 3. The summed E-state index contributed by atoms with van der Waals surface area (Å²) in [6.45, 7) is 5.58. The monoisotopic (exact) mass is 281 g/mol. The highest BCUT2D eigenvalue weighted by molar-refractivity contribution is 5.78. The Labute approximate surface area is 126 Å². The minimum absolute atomic E-state index is 0.589. The van der Waals surface area contributed by atoms with Gasteiger partial charge in [-0.3, -0.25) is 0 Å². The Morgan fingerprint density at radius 3 is 2.71 bits per heavy atom. The summed E-state index contributed by atoms with van der Waals surface area (Å²) in [5, 5.41) is 9.07. The van der Waals surface area contributed by atoms with E-state index >= 15 is 0 Å². The summed E-state index contributed by atoms with van der Waals surface area (Å²) in [7, 11) is 0. The van der Waals surface area contributed by atoms with Gasteiger partial charge in [0.1, 0.15) is 5.82 Å². The summed E-state index contributed by atoms with van der Waals surface area (Å²) in [5.41, 5.74) is 2.87. The van der Waals surface area contributed by atoms with E-state index in [9.17, 15) is 0 Å². The van der Waals surface area contributed by atoms with Gasteiger partial charge < -0.3 is 4.57 Å². The fourth-order valence-corrected chi connectivity index (χ4v) is 3.51. The number of hydrogen-bond acceptors (Lipinski definition) is 2. The third kappa shape index (κ3) is 2.68. The molecule has 0 atom stereocenters. The minimum atomic E-state index is 0.589. The number of rotatable bonds is 3. The first-order chi connectivity index (χ1) is 10.2. The third-order valence-electron chi connectivity index (χ3n) is 4.74. The van der Waals surface area contributed by atoms with Crippen LogP contribution in [0.5, 0.6) is 0 Å². The zero-order valence-electron chi connectivity index (χ0n) is 13.0. The van der Waals surface area contributed by atoms with Crippen LogP contribution in [0.25, 0.3) is 11.0 Å². The minimum Gasteiger partial charge on any atom is -0.328 e. The first-order valence-corrected chi connectivity index (χ1v) is 8.13. The molecule has 1 aliphatic rings. The molecular formula is C18H23N3. The highest BCUT2D eigenvalue weighted by Crippen LogP contribution is 2.36. The maximum atomic E-state index is 9.07. The lowest BCUT2D eigenvalue weighted by atomic mass is 9.82. The number of benzene rings is 1. The van der Waals surface area contributed by atoms with Crippen molar-refractivity contribution in [3.8, 4) is 6.07 Å². The van der Waals surface area contributed by atoms with Gasteiger partial charge in [0.05, 0.1) is 22.7 Å². The second-order valence-corrected chi connectivity index (χ2v) is 6.39. The number of imidazole rings is 1. The summed E-state index contributed by atoms with van der Waals surface area (Å²) < 4.78 is 2.39. The highest BCUT2D eigenvalue weighted by atomic mass is 15.1. The Kier molecular flexibility index (Phi) is 3.96. The Hall–Kier alpha value is -1.82. The van der Waals surface area contributed by atoms with E-state index in [2.05, 4.69) is 30.6 Å². The quantitative estimate of drug-likeness (QED) is 0.824. The number of aryl methyl sites for hydroxylation is 1. The Morgan fingerprint density at radius 1 is 1.29 bits per heavy atom. The maximum Gasteiger partial charge on any atom is 0.112 e. The topological polar surface area (TPSA) is 41.6 Å². The first kappa shape index (κ1) is 14.1. The van der Waals surface area contributed by atoms with Gasteiger partial charge in [-0.2, -0.15) is 5.26 Å². The molecule has 1 heterocycles. The molecule has 0 N–H and O–H groups in total. The number of nitriles is 1. The molecule has 21 heavy (non-hydrogen) atoms. The number of fused-ring (bicyclic) bond motifs is 1. The van der Waals surface area contributed by atoms with Gasteiger partial charge in [-0.05, 0) is 43.4 Å². The first-order valence-electron chi connectivity index (χ1n) is 8.13. The standard InChI is InChI=1S/C18H23N3/c1-3-10-21-17-9-6-14(12-19)11-16(17)20-18(21)15-7-4-13(2)5-8-15/h6,9,11,13,15H,3-5,7-8,10H2,1-2H3. The fraction of sp³-hybridized carbons (Fsp3) is 0.556. The SMILES string of the molecule is CCCn1c(C2CCC(C)CC2)nc2cc(C#N)ccc21. The summed E-state index contributed by atoms with van der Waals surface area (Å²) in [6, 6.07) is 8.11. The lowest BCUT2D eigenvalue weighted by Gasteiger charge is -2.26. The van der Waals surface area contributed by atoms with E-state index in [0.29, 0.717) is 11.5 Å². The van der Waals surface area contributed by atoms with Gasteiger partial charge in [-0.1, -0.05) is 26.7 Å². The maximum absolute atomic E-state index is 9.07. The zero-order valence-corrected chi connectivity index (χ0v) is 13.0. The van der Waals surface area contributed by atoms with Crippen molar-refractivity contribution in [3.63, 3.8) is 0 Å². The average molecular weight is 281 g/mol. The van der Waals surface area contributed by atoms with Crippen LogP contribution >= 0.6 is 0 Å². The Bertz CT molecular complexity index is 670.